The van der Waals surface area contributed by atoms with Gasteiger partial charge in [-0.15, -0.1) is 10.2 Å². The van der Waals surface area contributed by atoms with Crippen LogP contribution in [0, 0.1) is 5.92 Å². The van der Waals surface area contributed by atoms with Gasteiger partial charge in [0.05, 0.1) is 10.8 Å². The molecule has 1 heterocycles. The molecule has 0 bridgehead atoms. The molecule has 1 aliphatic carbocycles. The fraction of sp³-hybridized carbons (Fsp3) is 0.360. The van der Waals surface area contributed by atoms with Crippen molar-refractivity contribution in [3.8, 4) is 5.75 Å². The number of halogens is 1. The Morgan fingerprint density at radius 2 is 1.88 bits per heavy atom. The molecule has 1 fully saturated rings. The number of carbonyl (C=O) groups excluding carboxylic acids is 2. The third-order valence-electron chi connectivity index (χ3n) is 5.26. The van der Waals surface area contributed by atoms with Gasteiger partial charge >= 0.3 is 0 Å². The normalized spacial score (nSPS) is 13.2. The predicted molar refractivity (Wildman–Crippen MR) is 134 cm³/mol. The molecule has 1 saturated carbocycles. The van der Waals surface area contributed by atoms with Gasteiger partial charge in [0.25, 0.3) is 0 Å². The van der Waals surface area contributed by atoms with Crippen molar-refractivity contribution in [2.75, 3.05) is 11.1 Å². The van der Waals surface area contributed by atoms with Gasteiger partial charge in [0.15, 0.2) is 16.8 Å². The van der Waals surface area contributed by atoms with E-state index in [4.69, 9.17) is 16.3 Å². The molecule has 3 aromatic rings. The summed E-state index contributed by atoms with van der Waals surface area (Å²) >= 11 is 7.55. The SMILES string of the molecule is CC(C)CC(=O)Nc1ccc(C(=O)CSc2nnc(COc3ccccc3Cl)n2C2CC2)cc1. The van der Waals surface area contributed by atoms with E-state index >= 15 is 0 Å². The Labute approximate surface area is 208 Å². The molecule has 9 heteroatoms. The minimum Gasteiger partial charge on any atom is -0.484 e. The van der Waals surface area contributed by atoms with E-state index in [9.17, 15) is 9.59 Å². The van der Waals surface area contributed by atoms with Gasteiger partial charge in [-0.3, -0.25) is 14.2 Å². The molecular formula is C25H27ClN4O3S. The lowest BCUT2D eigenvalue weighted by Crippen LogP contribution is -2.14. The molecular weight excluding hydrogens is 472 g/mol. The van der Waals surface area contributed by atoms with Crippen LogP contribution in [-0.2, 0) is 11.4 Å². The number of amides is 1. The van der Waals surface area contributed by atoms with Crippen molar-refractivity contribution in [1.29, 1.82) is 0 Å². The van der Waals surface area contributed by atoms with Crippen molar-refractivity contribution in [1.82, 2.24) is 14.8 Å². The van der Waals surface area contributed by atoms with E-state index in [-0.39, 0.29) is 24.1 Å². The summed E-state index contributed by atoms with van der Waals surface area (Å²) in [7, 11) is 0. The number of nitrogens with zero attached hydrogens (tertiary/aromatic N) is 3. The smallest absolute Gasteiger partial charge is 0.224 e. The molecule has 2 aromatic carbocycles. The van der Waals surface area contributed by atoms with Crippen LogP contribution in [0.25, 0.3) is 0 Å². The average molecular weight is 499 g/mol. The van der Waals surface area contributed by atoms with Crippen LogP contribution in [0.4, 0.5) is 5.69 Å². The van der Waals surface area contributed by atoms with E-state index < -0.39 is 0 Å². The summed E-state index contributed by atoms with van der Waals surface area (Å²) in [6.45, 7) is 4.25. The van der Waals surface area contributed by atoms with Gasteiger partial charge in [0, 0.05) is 23.7 Å². The van der Waals surface area contributed by atoms with Crippen molar-refractivity contribution in [3.05, 3.63) is 64.9 Å². The Hall–Kier alpha value is -2.84. The van der Waals surface area contributed by atoms with Crippen LogP contribution in [0.15, 0.2) is 53.7 Å². The Morgan fingerprint density at radius 1 is 1.15 bits per heavy atom. The van der Waals surface area contributed by atoms with Gasteiger partial charge in [0.2, 0.25) is 5.91 Å². The molecule has 7 nitrogen and oxygen atoms in total. The molecule has 1 amide bonds. The summed E-state index contributed by atoms with van der Waals surface area (Å²) < 4.78 is 7.92. The van der Waals surface area contributed by atoms with Crippen LogP contribution in [-0.4, -0.2) is 32.2 Å². The highest BCUT2D eigenvalue weighted by Gasteiger charge is 2.30. The van der Waals surface area contributed by atoms with Gasteiger partial charge in [-0.1, -0.05) is 49.3 Å². The molecule has 1 N–H and O–H groups in total. The first-order valence-corrected chi connectivity index (χ1v) is 12.6. The molecule has 0 unspecified atom stereocenters. The van der Waals surface area contributed by atoms with Crippen LogP contribution >= 0.6 is 23.4 Å². The maximum Gasteiger partial charge on any atom is 0.224 e. The second kappa shape index (κ2) is 11.1. The molecule has 1 aliphatic rings. The minimum absolute atomic E-state index is 0.00993. The lowest BCUT2D eigenvalue weighted by atomic mass is 10.1. The lowest BCUT2D eigenvalue weighted by Gasteiger charge is -2.11. The number of anilines is 1. The Kier molecular flexibility index (Phi) is 7.90. The standard InChI is InChI=1S/C25H27ClN4O3S/c1-16(2)13-24(32)27-18-9-7-17(8-10-18)21(31)15-34-25-29-28-23(30(25)19-11-12-19)14-33-22-6-4-3-5-20(22)26/h3-10,16,19H,11-15H2,1-2H3,(H,27,32). The number of Topliss-reactive ketones (excluding diaryl/α,β-unsaturated/α-hetero) is 1. The lowest BCUT2D eigenvalue weighted by molar-refractivity contribution is -0.116. The van der Waals surface area contributed by atoms with E-state index in [0.717, 1.165) is 18.7 Å². The Morgan fingerprint density at radius 3 is 2.56 bits per heavy atom. The predicted octanol–water partition coefficient (Wildman–Crippen LogP) is 5.81. The molecule has 0 saturated heterocycles. The van der Waals surface area contributed by atoms with E-state index in [1.807, 2.05) is 32.0 Å². The van der Waals surface area contributed by atoms with E-state index in [0.29, 0.717) is 45.6 Å². The van der Waals surface area contributed by atoms with Crippen LogP contribution in [0.1, 0.15) is 55.3 Å². The van der Waals surface area contributed by atoms with Crippen LogP contribution in [0.3, 0.4) is 0 Å². The van der Waals surface area contributed by atoms with Crippen molar-refractivity contribution >= 4 is 40.7 Å². The number of ether oxygens (including phenoxy) is 1. The molecule has 34 heavy (non-hydrogen) atoms. The average Bonchev–Trinajstić information content (AvgIpc) is 3.56. The second-order valence-electron chi connectivity index (χ2n) is 8.65. The highest BCUT2D eigenvalue weighted by atomic mass is 35.5. The summed E-state index contributed by atoms with van der Waals surface area (Å²) in [5, 5.41) is 12.7. The minimum atomic E-state index is -0.0293. The quantitative estimate of drug-likeness (QED) is 0.265. The number of rotatable bonds is 11. The highest BCUT2D eigenvalue weighted by molar-refractivity contribution is 7.99. The summed E-state index contributed by atoms with van der Waals surface area (Å²) in [5.41, 5.74) is 1.28. The molecule has 0 radical (unpaired) electrons. The van der Waals surface area contributed by atoms with Gasteiger partial charge in [-0.25, -0.2) is 0 Å². The van der Waals surface area contributed by atoms with Gasteiger partial charge in [0.1, 0.15) is 12.4 Å². The van der Waals surface area contributed by atoms with Crippen LogP contribution < -0.4 is 10.1 Å². The number of benzene rings is 2. The zero-order valence-corrected chi connectivity index (χ0v) is 20.7. The highest BCUT2D eigenvalue weighted by Crippen LogP contribution is 2.39. The first kappa shape index (κ1) is 24.3. The van der Waals surface area contributed by atoms with Gasteiger partial charge < -0.3 is 10.1 Å². The summed E-state index contributed by atoms with van der Waals surface area (Å²) in [6, 6.07) is 14.6. The first-order chi connectivity index (χ1) is 16.4. The molecule has 4 rings (SSSR count). The van der Waals surface area contributed by atoms with E-state index in [1.165, 1.54) is 11.8 Å². The summed E-state index contributed by atoms with van der Waals surface area (Å²) in [4.78, 5) is 24.7. The topological polar surface area (TPSA) is 86.1 Å². The number of para-hydroxylation sites is 1. The van der Waals surface area contributed by atoms with Gasteiger partial charge in [-0.05, 0) is 55.2 Å². The van der Waals surface area contributed by atoms with E-state index in [2.05, 4.69) is 20.1 Å². The zero-order chi connectivity index (χ0) is 24.1. The number of hydrogen-bond donors (Lipinski definition) is 1. The molecule has 178 valence electrons. The van der Waals surface area contributed by atoms with E-state index in [1.54, 1.807) is 30.3 Å². The maximum atomic E-state index is 12.7. The Bertz CT molecular complexity index is 1160. The number of carbonyl (C=O) groups is 2. The van der Waals surface area contributed by atoms with Crippen molar-refractivity contribution in [2.24, 2.45) is 5.92 Å². The van der Waals surface area contributed by atoms with Crippen LogP contribution in [0.2, 0.25) is 5.02 Å². The molecule has 0 aliphatic heterocycles. The second-order valence-corrected chi connectivity index (χ2v) is 10.0. The molecule has 0 atom stereocenters. The molecule has 0 spiro atoms. The van der Waals surface area contributed by atoms with Gasteiger partial charge in [-0.2, -0.15) is 0 Å². The largest absolute Gasteiger partial charge is 0.484 e. The monoisotopic (exact) mass is 498 g/mol. The Balaban J connectivity index is 1.35. The zero-order valence-electron chi connectivity index (χ0n) is 19.2. The fourth-order valence-electron chi connectivity index (χ4n) is 3.44. The van der Waals surface area contributed by atoms with Crippen molar-refractivity contribution in [3.63, 3.8) is 0 Å². The first-order valence-electron chi connectivity index (χ1n) is 11.3. The number of hydrogen-bond acceptors (Lipinski definition) is 6. The number of aromatic nitrogens is 3. The maximum absolute atomic E-state index is 12.7. The summed E-state index contributed by atoms with van der Waals surface area (Å²) in [5.74, 6) is 1.82. The van der Waals surface area contributed by atoms with Crippen LogP contribution in [0.5, 0.6) is 5.75 Å². The number of ketones is 1. The number of nitrogens with one attached hydrogen (secondary N) is 1. The molecule has 1 aromatic heterocycles. The number of thioether (sulfide) groups is 1. The third kappa shape index (κ3) is 6.39. The third-order valence-corrected chi connectivity index (χ3v) is 6.51. The summed E-state index contributed by atoms with van der Waals surface area (Å²) in [6.07, 6.45) is 2.58. The van der Waals surface area contributed by atoms with Crippen molar-refractivity contribution < 1.29 is 14.3 Å². The fourth-order valence-corrected chi connectivity index (χ4v) is 4.55. The van der Waals surface area contributed by atoms with Crippen molar-refractivity contribution in [2.45, 2.75) is 50.9 Å².